The van der Waals surface area contributed by atoms with Gasteiger partial charge in [0.25, 0.3) is 5.89 Å². The van der Waals surface area contributed by atoms with E-state index in [1.165, 1.54) is 30.7 Å². The first-order chi connectivity index (χ1) is 12.7. The van der Waals surface area contributed by atoms with Crippen molar-refractivity contribution in [1.29, 1.82) is 0 Å². The molecular weight excluding hydrogens is 332 g/mol. The molecule has 0 aromatic carbocycles. The third kappa shape index (κ3) is 3.17. The van der Waals surface area contributed by atoms with Crippen LogP contribution in [0.4, 0.5) is 0 Å². The number of morpholine rings is 1. The summed E-state index contributed by atoms with van der Waals surface area (Å²) in [7, 11) is 0. The Hall–Kier alpha value is -1.77. The van der Waals surface area contributed by atoms with Gasteiger partial charge in [0.05, 0.1) is 12.3 Å². The molecule has 0 radical (unpaired) electrons. The Bertz CT molecular complexity index is 742. The number of fused-ring (bicyclic) bond motifs is 1. The van der Waals surface area contributed by atoms with Crippen LogP contribution in [0, 0.1) is 6.92 Å². The summed E-state index contributed by atoms with van der Waals surface area (Å²) in [6.07, 6.45) is 3.64. The molecular formula is C18H26N6O2. The van der Waals surface area contributed by atoms with Gasteiger partial charge in [0, 0.05) is 51.0 Å². The fourth-order valence-corrected chi connectivity index (χ4v) is 4.28. The van der Waals surface area contributed by atoms with Gasteiger partial charge in [-0.2, -0.15) is 10.1 Å². The Morgan fingerprint density at radius 3 is 2.92 bits per heavy atom. The topological polar surface area (TPSA) is 72.5 Å². The molecule has 1 atom stereocenters. The van der Waals surface area contributed by atoms with Gasteiger partial charge in [-0.25, -0.2) is 0 Å². The van der Waals surface area contributed by atoms with E-state index < -0.39 is 0 Å². The first-order valence-electron chi connectivity index (χ1n) is 9.68. The van der Waals surface area contributed by atoms with Crippen LogP contribution in [0.5, 0.6) is 0 Å². The molecule has 5 heterocycles. The molecule has 140 valence electrons. The maximum absolute atomic E-state index is 5.83. The van der Waals surface area contributed by atoms with Crippen LogP contribution in [0.25, 0.3) is 0 Å². The quantitative estimate of drug-likeness (QED) is 0.812. The number of nitrogens with zero attached hydrogens (tertiary/aromatic N) is 6. The summed E-state index contributed by atoms with van der Waals surface area (Å²) in [6, 6.07) is 2.89. The zero-order chi connectivity index (χ0) is 17.5. The molecule has 5 rings (SSSR count). The van der Waals surface area contributed by atoms with E-state index in [1.807, 2.05) is 6.92 Å². The molecule has 0 bridgehead atoms. The molecule has 2 aromatic rings. The fraction of sp³-hybridized carbons (Fsp3) is 0.722. The summed E-state index contributed by atoms with van der Waals surface area (Å²) in [4.78, 5) is 9.31. The minimum absolute atomic E-state index is 0.0983. The predicted molar refractivity (Wildman–Crippen MR) is 93.5 cm³/mol. The van der Waals surface area contributed by atoms with Gasteiger partial charge in [0.2, 0.25) is 0 Å². The Labute approximate surface area is 153 Å². The third-order valence-corrected chi connectivity index (χ3v) is 5.72. The lowest BCUT2D eigenvalue weighted by atomic mass is 10.0. The number of ether oxygens (including phenoxy) is 1. The number of aryl methyl sites for hydroxylation is 3. The van der Waals surface area contributed by atoms with E-state index in [4.69, 9.17) is 14.4 Å². The van der Waals surface area contributed by atoms with Gasteiger partial charge in [-0.05, 0) is 32.3 Å². The van der Waals surface area contributed by atoms with E-state index in [0.717, 1.165) is 45.9 Å². The molecule has 8 heteroatoms. The zero-order valence-corrected chi connectivity index (χ0v) is 15.3. The second kappa shape index (κ2) is 6.75. The highest BCUT2D eigenvalue weighted by Gasteiger charge is 2.36. The minimum Gasteiger partial charge on any atom is -0.366 e. The lowest BCUT2D eigenvalue weighted by molar-refractivity contribution is -0.0844. The molecule has 3 aliphatic rings. The number of likely N-dealkylation sites (tertiary alicyclic amines) is 1. The van der Waals surface area contributed by atoms with Crippen molar-refractivity contribution < 1.29 is 9.26 Å². The van der Waals surface area contributed by atoms with E-state index in [1.54, 1.807) is 0 Å². The van der Waals surface area contributed by atoms with Crippen LogP contribution < -0.4 is 0 Å². The van der Waals surface area contributed by atoms with Gasteiger partial charge in [-0.1, -0.05) is 5.16 Å². The van der Waals surface area contributed by atoms with Crippen LogP contribution in [-0.2, 0) is 24.2 Å². The van der Waals surface area contributed by atoms with Crippen molar-refractivity contribution >= 4 is 0 Å². The van der Waals surface area contributed by atoms with Crippen LogP contribution in [0.2, 0.25) is 0 Å². The van der Waals surface area contributed by atoms with Crippen molar-refractivity contribution in [3.63, 3.8) is 0 Å². The van der Waals surface area contributed by atoms with Gasteiger partial charge in [0.1, 0.15) is 6.10 Å². The van der Waals surface area contributed by atoms with Gasteiger partial charge < -0.3 is 9.26 Å². The van der Waals surface area contributed by atoms with E-state index in [9.17, 15) is 0 Å². The second-order valence-corrected chi connectivity index (χ2v) is 7.69. The zero-order valence-electron chi connectivity index (χ0n) is 15.3. The highest BCUT2D eigenvalue weighted by molar-refractivity contribution is 5.12. The number of hydrogen-bond donors (Lipinski definition) is 0. The molecule has 0 aliphatic carbocycles. The first-order valence-corrected chi connectivity index (χ1v) is 9.68. The SMILES string of the molecule is Cc1noc(C2CN(C3CN(Cc4cc5n(n4)CCCC5)C3)CCO2)n1. The Morgan fingerprint density at radius 2 is 2.12 bits per heavy atom. The predicted octanol–water partition coefficient (Wildman–Crippen LogP) is 1.17. The summed E-state index contributed by atoms with van der Waals surface area (Å²) in [5.74, 6) is 1.27. The Kier molecular flexibility index (Phi) is 4.26. The molecule has 2 fully saturated rings. The lowest BCUT2D eigenvalue weighted by Crippen LogP contribution is -2.61. The van der Waals surface area contributed by atoms with E-state index in [-0.39, 0.29) is 6.10 Å². The van der Waals surface area contributed by atoms with E-state index in [2.05, 4.69) is 30.7 Å². The van der Waals surface area contributed by atoms with Crippen LogP contribution in [0.3, 0.4) is 0 Å². The molecule has 0 N–H and O–H groups in total. The Morgan fingerprint density at radius 1 is 1.19 bits per heavy atom. The molecule has 26 heavy (non-hydrogen) atoms. The van der Waals surface area contributed by atoms with Crippen LogP contribution in [0.15, 0.2) is 10.6 Å². The van der Waals surface area contributed by atoms with Gasteiger partial charge in [-0.3, -0.25) is 14.5 Å². The van der Waals surface area contributed by atoms with Gasteiger partial charge in [-0.15, -0.1) is 0 Å². The van der Waals surface area contributed by atoms with Crippen LogP contribution in [-0.4, -0.2) is 68.5 Å². The maximum atomic E-state index is 5.83. The molecule has 0 saturated carbocycles. The van der Waals surface area contributed by atoms with Crippen molar-refractivity contribution in [3.8, 4) is 0 Å². The smallest absolute Gasteiger partial charge is 0.257 e. The van der Waals surface area contributed by atoms with Crippen molar-refractivity contribution in [2.75, 3.05) is 32.8 Å². The van der Waals surface area contributed by atoms with Crippen LogP contribution in [0.1, 0.15) is 42.0 Å². The summed E-state index contributed by atoms with van der Waals surface area (Å²) >= 11 is 0. The van der Waals surface area contributed by atoms with Crippen molar-refractivity contribution in [2.45, 2.75) is 51.4 Å². The summed E-state index contributed by atoms with van der Waals surface area (Å²) in [5.41, 5.74) is 2.63. The molecule has 2 aromatic heterocycles. The van der Waals surface area contributed by atoms with Gasteiger partial charge >= 0.3 is 0 Å². The molecule has 8 nitrogen and oxygen atoms in total. The molecule has 0 amide bonds. The highest BCUT2D eigenvalue weighted by Crippen LogP contribution is 2.26. The molecule has 2 saturated heterocycles. The van der Waals surface area contributed by atoms with Crippen LogP contribution >= 0.6 is 0 Å². The molecule has 1 unspecified atom stereocenters. The molecule has 3 aliphatic heterocycles. The summed E-state index contributed by atoms with van der Waals surface area (Å²) < 4.78 is 13.3. The average Bonchev–Trinajstić information content (AvgIpc) is 3.23. The minimum atomic E-state index is -0.0983. The van der Waals surface area contributed by atoms with Crippen molar-refractivity contribution in [1.82, 2.24) is 29.7 Å². The highest BCUT2D eigenvalue weighted by atomic mass is 16.5. The van der Waals surface area contributed by atoms with E-state index >= 15 is 0 Å². The van der Waals surface area contributed by atoms with E-state index in [0.29, 0.717) is 17.8 Å². The molecule has 0 spiro atoms. The Balaban J connectivity index is 1.14. The summed E-state index contributed by atoms with van der Waals surface area (Å²) in [6.45, 7) is 8.60. The largest absolute Gasteiger partial charge is 0.366 e. The number of hydrogen-bond acceptors (Lipinski definition) is 7. The third-order valence-electron chi connectivity index (χ3n) is 5.72. The van der Waals surface area contributed by atoms with Crippen molar-refractivity contribution in [2.24, 2.45) is 0 Å². The fourth-order valence-electron chi connectivity index (χ4n) is 4.28. The number of rotatable bonds is 4. The monoisotopic (exact) mass is 358 g/mol. The lowest BCUT2D eigenvalue weighted by Gasteiger charge is -2.47. The summed E-state index contributed by atoms with van der Waals surface area (Å²) in [5, 5.41) is 8.66. The average molecular weight is 358 g/mol. The number of aromatic nitrogens is 4. The maximum Gasteiger partial charge on any atom is 0.257 e. The second-order valence-electron chi connectivity index (χ2n) is 7.69. The van der Waals surface area contributed by atoms with Gasteiger partial charge in [0.15, 0.2) is 5.82 Å². The van der Waals surface area contributed by atoms with Crippen molar-refractivity contribution in [3.05, 3.63) is 29.2 Å². The standard InChI is InChI=1S/C18H26N6O2/c1-13-19-18(26-21-13)17-12-23(6-7-25-17)16-10-22(11-16)9-14-8-15-4-2-3-5-24(15)20-14/h8,16-17H,2-7,9-12H2,1H3. The normalized spacial score (nSPS) is 25.2. The first kappa shape index (κ1) is 16.4.